The van der Waals surface area contributed by atoms with Gasteiger partial charge in [0.05, 0.1) is 17.8 Å². The van der Waals surface area contributed by atoms with E-state index in [0.29, 0.717) is 17.0 Å². The maximum atomic E-state index is 14.3. The molecule has 3 rings (SSSR count). The van der Waals surface area contributed by atoms with Gasteiger partial charge in [0.15, 0.2) is 0 Å². The first-order chi connectivity index (χ1) is 12.0. The Morgan fingerprint density at radius 1 is 1.20 bits per heavy atom. The highest BCUT2D eigenvalue weighted by Crippen LogP contribution is 2.36. The number of ether oxygens (including phenoxy) is 1. The van der Waals surface area contributed by atoms with Crippen molar-refractivity contribution >= 4 is 17.4 Å². The quantitative estimate of drug-likeness (QED) is 0.742. The fourth-order valence-corrected chi connectivity index (χ4v) is 2.81. The Morgan fingerprint density at radius 2 is 1.92 bits per heavy atom. The Bertz CT molecular complexity index is 961. The highest BCUT2D eigenvalue weighted by atomic mass is 35.5. The SMILES string of the molecule is COc1ccc(-c2cc(-c3c(F)cccc3Cl)c(C#N)c(N)n2)cc1. The summed E-state index contributed by atoms with van der Waals surface area (Å²) in [6, 6.07) is 15.1. The van der Waals surface area contributed by atoms with Crippen molar-refractivity contribution in [1.82, 2.24) is 4.98 Å². The summed E-state index contributed by atoms with van der Waals surface area (Å²) in [5.41, 5.74) is 7.73. The second kappa shape index (κ2) is 6.80. The standard InChI is InChI=1S/C19H13ClFN3O/c1-25-12-7-5-11(6-8-12)17-9-13(14(10-22)19(23)24-17)18-15(20)3-2-4-16(18)21/h2-9H,1H3,(H2,23,24). The fraction of sp³-hybridized carbons (Fsp3) is 0.0526. The first-order valence-corrected chi connectivity index (χ1v) is 7.72. The molecule has 2 N–H and O–H groups in total. The number of nitriles is 1. The molecule has 3 aromatic rings. The van der Waals surface area contributed by atoms with Crippen molar-refractivity contribution in [3.05, 3.63) is 64.9 Å². The molecule has 0 aliphatic carbocycles. The van der Waals surface area contributed by atoms with Gasteiger partial charge in [-0.1, -0.05) is 17.7 Å². The van der Waals surface area contributed by atoms with E-state index in [0.717, 1.165) is 5.56 Å². The van der Waals surface area contributed by atoms with E-state index in [1.165, 1.54) is 12.1 Å². The second-order valence-electron chi connectivity index (χ2n) is 5.25. The van der Waals surface area contributed by atoms with E-state index in [-0.39, 0.29) is 22.0 Å². The predicted molar refractivity (Wildman–Crippen MR) is 95.8 cm³/mol. The largest absolute Gasteiger partial charge is 0.497 e. The molecule has 0 amide bonds. The summed E-state index contributed by atoms with van der Waals surface area (Å²) in [6.45, 7) is 0. The molecule has 0 unspecified atom stereocenters. The molecular weight excluding hydrogens is 341 g/mol. The Morgan fingerprint density at radius 3 is 2.52 bits per heavy atom. The molecule has 6 heteroatoms. The maximum absolute atomic E-state index is 14.3. The first-order valence-electron chi connectivity index (χ1n) is 7.34. The van der Waals surface area contributed by atoms with E-state index >= 15 is 0 Å². The van der Waals surface area contributed by atoms with Crippen molar-refractivity contribution < 1.29 is 9.13 Å². The number of rotatable bonds is 3. The third kappa shape index (κ3) is 3.12. The van der Waals surface area contributed by atoms with Gasteiger partial charge in [-0.25, -0.2) is 9.37 Å². The first kappa shape index (κ1) is 16.7. The molecule has 0 aliphatic heterocycles. The smallest absolute Gasteiger partial charge is 0.142 e. The lowest BCUT2D eigenvalue weighted by molar-refractivity contribution is 0.415. The summed E-state index contributed by atoms with van der Waals surface area (Å²) < 4.78 is 19.5. The number of aromatic nitrogens is 1. The van der Waals surface area contributed by atoms with E-state index in [9.17, 15) is 9.65 Å². The maximum Gasteiger partial charge on any atom is 0.142 e. The van der Waals surface area contributed by atoms with E-state index in [2.05, 4.69) is 4.98 Å². The van der Waals surface area contributed by atoms with E-state index in [4.69, 9.17) is 22.1 Å². The summed E-state index contributed by atoms with van der Waals surface area (Å²) in [5, 5.41) is 9.62. The van der Waals surface area contributed by atoms with Gasteiger partial charge in [-0.15, -0.1) is 0 Å². The molecule has 0 spiro atoms. The van der Waals surface area contributed by atoms with Crippen LogP contribution in [0.5, 0.6) is 5.75 Å². The Kier molecular flexibility index (Phi) is 4.55. The normalized spacial score (nSPS) is 10.3. The number of nitrogens with two attached hydrogens (primary N) is 1. The van der Waals surface area contributed by atoms with Crippen LogP contribution < -0.4 is 10.5 Å². The zero-order chi connectivity index (χ0) is 18.0. The van der Waals surface area contributed by atoms with Gasteiger partial charge in [-0.2, -0.15) is 5.26 Å². The number of nitrogens with zero attached hydrogens (tertiary/aromatic N) is 2. The molecule has 4 nitrogen and oxygen atoms in total. The summed E-state index contributed by atoms with van der Waals surface area (Å²) in [6.07, 6.45) is 0. The second-order valence-corrected chi connectivity index (χ2v) is 5.66. The average Bonchev–Trinajstić information content (AvgIpc) is 2.61. The molecule has 25 heavy (non-hydrogen) atoms. The lowest BCUT2D eigenvalue weighted by Gasteiger charge is -2.12. The third-order valence-electron chi connectivity index (χ3n) is 3.78. The van der Waals surface area contributed by atoms with Crippen LogP contribution >= 0.6 is 11.6 Å². The number of anilines is 1. The van der Waals surface area contributed by atoms with Crippen molar-refractivity contribution in [2.45, 2.75) is 0 Å². The minimum atomic E-state index is -0.532. The summed E-state index contributed by atoms with van der Waals surface area (Å²) in [7, 11) is 1.57. The van der Waals surface area contributed by atoms with Crippen molar-refractivity contribution in [2.24, 2.45) is 0 Å². The van der Waals surface area contributed by atoms with Gasteiger partial charge in [0.25, 0.3) is 0 Å². The molecule has 0 radical (unpaired) electrons. The molecule has 2 aromatic carbocycles. The van der Waals surface area contributed by atoms with Gasteiger partial charge in [-0.3, -0.25) is 0 Å². The van der Waals surface area contributed by atoms with Crippen LogP contribution in [-0.4, -0.2) is 12.1 Å². The van der Waals surface area contributed by atoms with Crippen LogP contribution in [0.4, 0.5) is 10.2 Å². The number of benzene rings is 2. The number of nitrogen functional groups attached to an aromatic ring is 1. The topological polar surface area (TPSA) is 71.9 Å². The summed E-state index contributed by atoms with van der Waals surface area (Å²) in [4.78, 5) is 4.26. The van der Waals surface area contributed by atoms with Crippen LogP contribution in [0.3, 0.4) is 0 Å². The Hall–Kier alpha value is -3.10. The molecule has 0 saturated carbocycles. The molecule has 0 saturated heterocycles. The highest BCUT2D eigenvalue weighted by Gasteiger charge is 2.18. The van der Waals surface area contributed by atoms with Crippen LogP contribution in [0.1, 0.15) is 5.56 Å². The lowest BCUT2D eigenvalue weighted by Crippen LogP contribution is -2.01. The number of methoxy groups -OCH3 is 1. The van der Waals surface area contributed by atoms with Crippen LogP contribution in [0, 0.1) is 17.1 Å². The number of hydrogen-bond acceptors (Lipinski definition) is 4. The predicted octanol–water partition coefficient (Wildman–Crippen LogP) is 4.67. The van der Waals surface area contributed by atoms with Gasteiger partial charge < -0.3 is 10.5 Å². The lowest BCUT2D eigenvalue weighted by atomic mass is 9.98. The van der Waals surface area contributed by atoms with Crippen molar-refractivity contribution in [3.8, 4) is 34.2 Å². The van der Waals surface area contributed by atoms with Crippen molar-refractivity contribution in [1.29, 1.82) is 5.26 Å². The van der Waals surface area contributed by atoms with E-state index in [1.54, 1.807) is 43.5 Å². The molecule has 1 aromatic heterocycles. The Labute approximate surface area is 149 Å². The molecule has 0 fully saturated rings. The van der Waals surface area contributed by atoms with Crippen LogP contribution in [-0.2, 0) is 0 Å². The van der Waals surface area contributed by atoms with E-state index in [1.807, 2.05) is 6.07 Å². The van der Waals surface area contributed by atoms with Gasteiger partial charge in [0.1, 0.15) is 29.0 Å². The number of halogens is 2. The van der Waals surface area contributed by atoms with E-state index < -0.39 is 5.82 Å². The molecule has 0 atom stereocenters. The van der Waals surface area contributed by atoms with Crippen molar-refractivity contribution in [3.63, 3.8) is 0 Å². The van der Waals surface area contributed by atoms with Crippen LogP contribution in [0.2, 0.25) is 5.02 Å². The molecular formula is C19H13ClFN3O. The van der Waals surface area contributed by atoms with Gasteiger partial charge in [-0.05, 0) is 42.5 Å². The minimum Gasteiger partial charge on any atom is -0.497 e. The molecule has 0 bridgehead atoms. The monoisotopic (exact) mass is 353 g/mol. The third-order valence-corrected chi connectivity index (χ3v) is 4.09. The van der Waals surface area contributed by atoms with Crippen LogP contribution in [0.15, 0.2) is 48.5 Å². The fourth-order valence-electron chi connectivity index (χ4n) is 2.54. The van der Waals surface area contributed by atoms with Gasteiger partial charge in [0, 0.05) is 16.7 Å². The van der Waals surface area contributed by atoms with Crippen LogP contribution in [0.25, 0.3) is 22.4 Å². The molecule has 1 heterocycles. The minimum absolute atomic E-state index is 0.0186. The summed E-state index contributed by atoms with van der Waals surface area (Å²) in [5.74, 6) is 0.183. The number of hydrogen-bond donors (Lipinski definition) is 1. The highest BCUT2D eigenvalue weighted by molar-refractivity contribution is 6.33. The Balaban J connectivity index is 2.24. The van der Waals surface area contributed by atoms with Crippen molar-refractivity contribution in [2.75, 3.05) is 12.8 Å². The summed E-state index contributed by atoms with van der Waals surface area (Å²) >= 11 is 6.16. The van der Waals surface area contributed by atoms with Gasteiger partial charge >= 0.3 is 0 Å². The molecule has 0 aliphatic rings. The van der Waals surface area contributed by atoms with Gasteiger partial charge in [0.2, 0.25) is 0 Å². The zero-order valence-electron chi connectivity index (χ0n) is 13.3. The average molecular weight is 354 g/mol. The molecule has 124 valence electrons. The number of pyridine rings is 1. The zero-order valence-corrected chi connectivity index (χ0v) is 14.0.